The molecular weight excluding hydrogens is 332 g/mol. The predicted molar refractivity (Wildman–Crippen MR) is 92.9 cm³/mol. The third kappa shape index (κ3) is 3.44. The van der Waals surface area contributed by atoms with E-state index in [0.29, 0.717) is 24.4 Å². The Labute approximate surface area is 149 Å². The maximum Gasteiger partial charge on any atom is 0.358 e. The molecule has 26 heavy (non-hydrogen) atoms. The number of para-hydroxylation sites is 1. The fourth-order valence-electron chi connectivity index (χ4n) is 2.51. The number of hydrogen-bond donors (Lipinski definition) is 0. The summed E-state index contributed by atoms with van der Waals surface area (Å²) >= 11 is 0. The van der Waals surface area contributed by atoms with Crippen LogP contribution in [0.1, 0.15) is 22.7 Å². The van der Waals surface area contributed by atoms with Crippen molar-refractivity contribution in [2.24, 2.45) is 0 Å². The van der Waals surface area contributed by atoms with Crippen LogP contribution in [0.5, 0.6) is 0 Å². The van der Waals surface area contributed by atoms with Crippen molar-refractivity contribution in [3.05, 3.63) is 72.6 Å². The molecule has 0 aliphatic carbocycles. The van der Waals surface area contributed by atoms with Gasteiger partial charge in [-0.3, -0.25) is 0 Å². The summed E-state index contributed by atoms with van der Waals surface area (Å²) in [6, 6.07) is 13.0. The Hall–Kier alpha value is -3.55. The highest BCUT2D eigenvalue weighted by Gasteiger charge is 2.12. The van der Waals surface area contributed by atoms with Crippen molar-refractivity contribution < 1.29 is 9.53 Å². The standard InChI is InChI=1S/C18H16N6O2/c25-17(15-9-12-23(21-15)14-6-2-1-3-7-14)26-13-4-8-16-20-18-19-10-5-11-24(18)22-16/h1-3,5-7,9-12H,4,8,13H2. The van der Waals surface area contributed by atoms with Crippen LogP contribution in [0.2, 0.25) is 0 Å². The first-order valence-electron chi connectivity index (χ1n) is 8.24. The van der Waals surface area contributed by atoms with Gasteiger partial charge in [0.25, 0.3) is 5.78 Å². The van der Waals surface area contributed by atoms with E-state index in [-0.39, 0.29) is 12.3 Å². The molecule has 0 atom stereocenters. The second-order valence-corrected chi connectivity index (χ2v) is 5.61. The Morgan fingerprint density at radius 1 is 1.04 bits per heavy atom. The van der Waals surface area contributed by atoms with Crippen molar-refractivity contribution in [3.63, 3.8) is 0 Å². The van der Waals surface area contributed by atoms with E-state index in [1.165, 1.54) is 0 Å². The second kappa shape index (κ2) is 7.14. The fourth-order valence-corrected chi connectivity index (χ4v) is 2.51. The lowest BCUT2D eigenvalue weighted by Gasteiger charge is -2.02. The Bertz CT molecular complexity index is 991. The summed E-state index contributed by atoms with van der Waals surface area (Å²) in [6.07, 6.45) is 6.43. The van der Waals surface area contributed by atoms with E-state index in [2.05, 4.69) is 20.2 Å². The second-order valence-electron chi connectivity index (χ2n) is 5.61. The molecule has 8 heteroatoms. The molecule has 0 unspecified atom stereocenters. The van der Waals surface area contributed by atoms with Crippen LogP contribution in [0.4, 0.5) is 0 Å². The SMILES string of the molecule is O=C(OCCCc1nc2ncccn2n1)c1ccn(-c2ccccc2)n1. The number of esters is 1. The van der Waals surface area contributed by atoms with Gasteiger partial charge in [-0.1, -0.05) is 18.2 Å². The van der Waals surface area contributed by atoms with Crippen molar-refractivity contribution in [1.82, 2.24) is 29.4 Å². The van der Waals surface area contributed by atoms with Gasteiger partial charge in [-0.15, -0.1) is 5.10 Å². The summed E-state index contributed by atoms with van der Waals surface area (Å²) in [7, 11) is 0. The Morgan fingerprint density at radius 2 is 1.92 bits per heavy atom. The van der Waals surface area contributed by atoms with Crippen LogP contribution < -0.4 is 0 Å². The number of benzene rings is 1. The van der Waals surface area contributed by atoms with Gasteiger partial charge in [-0.25, -0.2) is 19.0 Å². The lowest BCUT2D eigenvalue weighted by Crippen LogP contribution is -2.09. The topological polar surface area (TPSA) is 87.2 Å². The van der Waals surface area contributed by atoms with Crippen molar-refractivity contribution in [2.75, 3.05) is 6.61 Å². The molecule has 3 heterocycles. The highest BCUT2D eigenvalue weighted by atomic mass is 16.5. The Kier molecular flexibility index (Phi) is 4.38. The lowest BCUT2D eigenvalue weighted by atomic mass is 10.3. The minimum Gasteiger partial charge on any atom is -0.461 e. The molecule has 0 saturated heterocycles. The molecule has 130 valence electrons. The van der Waals surface area contributed by atoms with Gasteiger partial charge >= 0.3 is 5.97 Å². The predicted octanol–water partition coefficient (Wildman–Crippen LogP) is 2.10. The van der Waals surface area contributed by atoms with Crippen molar-refractivity contribution in [2.45, 2.75) is 12.8 Å². The summed E-state index contributed by atoms with van der Waals surface area (Å²) < 4.78 is 8.55. The number of rotatable bonds is 6. The van der Waals surface area contributed by atoms with Crippen LogP contribution in [0.15, 0.2) is 61.1 Å². The first-order chi connectivity index (χ1) is 12.8. The molecule has 8 nitrogen and oxygen atoms in total. The van der Waals surface area contributed by atoms with Crippen LogP contribution in [0.3, 0.4) is 0 Å². The highest BCUT2D eigenvalue weighted by molar-refractivity contribution is 5.87. The maximum atomic E-state index is 12.1. The van der Waals surface area contributed by atoms with Crippen LogP contribution in [-0.2, 0) is 11.2 Å². The molecule has 0 spiro atoms. The van der Waals surface area contributed by atoms with Crippen LogP contribution in [-0.4, -0.2) is 41.9 Å². The first kappa shape index (κ1) is 15.9. The van der Waals surface area contributed by atoms with Gasteiger partial charge in [0.1, 0.15) is 0 Å². The Balaban J connectivity index is 1.29. The zero-order valence-corrected chi connectivity index (χ0v) is 13.9. The number of nitrogens with zero attached hydrogens (tertiary/aromatic N) is 6. The van der Waals surface area contributed by atoms with Crippen molar-refractivity contribution in [3.8, 4) is 5.69 Å². The molecule has 0 N–H and O–H groups in total. The molecule has 0 fully saturated rings. The Morgan fingerprint density at radius 3 is 2.77 bits per heavy atom. The molecule has 0 radical (unpaired) electrons. The van der Waals surface area contributed by atoms with E-state index in [1.54, 1.807) is 39.9 Å². The summed E-state index contributed by atoms with van der Waals surface area (Å²) in [4.78, 5) is 20.5. The van der Waals surface area contributed by atoms with Gasteiger partial charge in [0.2, 0.25) is 0 Å². The number of carbonyl (C=O) groups is 1. The first-order valence-corrected chi connectivity index (χ1v) is 8.24. The monoisotopic (exact) mass is 348 g/mol. The van der Waals surface area contributed by atoms with Gasteiger partial charge in [0, 0.05) is 25.0 Å². The van der Waals surface area contributed by atoms with Gasteiger partial charge < -0.3 is 4.74 Å². The van der Waals surface area contributed by atoms with Gasteiger partial charge in [0.05, 0.1) is 12.3 Å². The number of aromatic nitrogens is 6. The molecule has 0 saturated carbocycles. The van der Waals surface area contributed by atoms with Crippen LogP contribution in [0.25, 0.3) is 11.5 Å². The molecule has 0 amide bonds. The number of hydrogen-bond acceptors (Lipinski definition) is 6. The van der Waals surface area contributed by atoms with E-state index >= 15 is 0 Å². The summed E-state index contributed by atoms with van der Waals surface area (Å²) in [5.74, 6) is 0.795. The van der Waals surface area contributed by atoms with Gasteiger partial charge in [0.15, 0.2) is 11.5 Å². The average Bonchev–Trinajstić information content (AvgIpc) is 3.32. The minimum atomic E-state index is -0.440. The van der Waals surface area contributed by atoms with Crippen LogP contribution >= 0.6 is 0 Å². The average molecular weight is 348 g/mol. The smallest absolute Gasteiger partial charge is 0.358 e. The zero-order valence-electron chi connectivity index (χ0n) is 13.9. The van der Waals surface area contributed by atoms with E-state index in [0.717, 1.165) is 5.69 Å². The quantitative estimate of drug-likeness (QED) is 0.392. The number of fused-ring (bicyclic) bond motifs is 1. The number of aryl methyl sites for hydroxylation is 1. The van der Waals surface area contributed by atoms with Gasteiger partial charge in [-0.2, -0.15) is 10.1 Å². The van der Waals surface area contributed by atoms with E-state index in [9.17, 15) is 4.79 Å². The maximum absolute atomic E-state index is 12.1. The molecule has 3 aromatic heterocycles. The molecular formula is C18H16N6O2. The summed E-state index contributed by atoms with van der Waals surface area (Å²) in [6.45, 7) is 0.278. The molecule has 1 aromatic carbocycles. The van der Waals surface area contributed by atoms with Gasteiger partial charge in [-0.05, 0) is 30.7 Å². The summed E-state index contributed by atoms with van der Waals surface area (Å²) in [5.41, 5.74) is 1.17. The van der Waals surface area contributed by atoms with Crippen molar-refractivity contribution >= 4 is 11.7 Å². The molecule has 0 bridgehead atoms. The lowest BCUT2D eigenvalue weighted by molar-refractivity contribution is 0.0492. The molecule has 0 aliphatic heterocycles. The van der Waals surface area contributed by atoms with E-state index < -0.39 is 5.97 Å². The van der Waals surface area contributed by atoms with Crippen LogP contribution in [0, 0.1) is 0 Å². The normalized spacial score (nSPS) is 10.9. The zero-order chi connectivity index (χ0) is 17.8. The number of ether oxygens (including phenoxy) is 1. The van der Waals surface area contributed by atoms with E-state index in [4.69, 9.17) is 4.74 Å². The summed E-state index contributed by atoms with van der Waals surface area (Å²) in [5, 5.41) is 8.56. The molecule has 4 aromatic rings. The fraction of sp³-hybridized carbons (Fsp3) is 0.167. The number of carbonyl (C=O) groups excluding carboxylic acids is 1. The molecule has 0 aliphatic rings. The third-order valence-corrected chi connectivity index (χ3v) is 3.76. The van der Waals surface area contributed by atoms with E-state index in [1.807, 2.05) is 30.3 Å². The largest absolute Gasteiger partial charge is 0.461 e. The minimum absolute atomic E-state index is 0.278. The van der Waals surface area contributed by atoms with Crippen molar-refractivity contribution in [1.29, 1.82) is 0 Å². The highest BCUT2D eigenvalue weighted by Crippen LogP contribution is 2.08. The third-order valence-electron chi connectivity index (χ3n) is 3.76. The molecule has 4 rings (SSSR count).